The first kappa shape index (κ1) is 3.82. The average molecular weight is 101 g/mol. The van der Waals surface area contributed by atoms with Gasteiger partial charge in [-0.15, -0.1) is 8.86 Å². The van der Waals surface area contributed by atoms with Gasteiger partial charge in [0, 0.05) is 0 Å². The number of nitrogens with one attached hydrogen (secondary N) is 1. The van der Waals surface area contributed by atoms with Crippen LogP contribution in [-0.4, -0.2) is 17.7 Å². The van der Waals surface area contributed by atoms with Gasteiger partial charge in [-0.3, -0.25) is 4.79 Å². The third-order valence-corrected chi connectivity index (χ3v) is 1.10. The number of carbonyl (C=O) groups excluding carboxylic acids is 1. The Morgan fingerprint density at radius 2 is 2.33 bits per heavy atom. The van der Waals surface area contributed by atoms with Crippen molar-refractivity contribution in [2.75, 3.05) is 6.54 Å². The zero-order valence-electron chi connectivity index (χ0n) is 3.12. The number of hydrogen-bond acceptors (Lipinski definition) is 1. The van der Waals surface area contributed by atoms with Crippen molar-refractivity contribution in [3.8, 4) is 0 Å². The Morgan fingerprint density at radius 3 is 2.33 bits per heavy atom. The summed E-state index contributed by atoms with van der Waals surface area (Å²) in [6, 6.07) is 0. The van der Waals surface area contributed by atoms with E-state index in [0.717, 1.165) is 5.29 Å². The van der Waals surface area contributed by atoms with Crippen LogP contribution in [0, 0.1) is 0 Å². The van der Waals surface area contributed by atoms with Gasteiger partial charge in [-0.2, -0.15) is 0 Å². The molecule has 3 heteroatoms. The van der Waals surface area contributed by atoms with Gasteiger partial charge in [0.05, 0.1) is 11.8 Å². The topological polar surface area (TPSA) is 29.1 Å². The molecule has 0 aromatic heterocycles. The molecule has 0 radical (unpaired) electrons. The molecule has 1 rings (SSSR count). The highest BCUT2D eigenvalue weighted by molar-refractivity contribution is 7.26. The molecular weight excluding hydrogens is 97.0 g/mol. The van der Waals surface area contributed by atoms with E-state index in [4.69, 9.17) is 0 Å². The van der Waals surface area contributed by atoms with Gasteiger partial charge in [-0.1, -0.05) is 0 Å². The van der Waals surface area contributed by atoms with E-state index in [1.54, 1.807) is 0 Å². The zero-order chi connectivity index (χ0) is 4.57. The van der Waals surface area contributed by atoms with Crippen LogP contribution in [0.2, 0.25) is 0 Å². The van der Waals surface area contributed by atoms with Gasteiger partial charge in [0.1, 0.15) is 0 Å². The summed E-state index contributed by atoms with van der Waals surface area (Å²) in [5.74, 6) is 0.0201. The van der Waals surface area contributed by atoms with Crippen LogP contribution in [0.15, 0.2) is 0 Å². The number of β-lactam (4-membered cyclic amide) rings is 1. The number of rotatable bonds is 0. The summed E-state index contributed by atoms with van der Waals surface area (Å²) in [7, 11) is 3.07. The lowest BCUT2D eigenvalue weighted by Gasteiger charge is -2.13. The van der Waals surface area contributed by atoms with E-state index in [2.05, 4.69) is 14.2 Å². The fourth-order valence-corrected chi connectivity index (χ4v) is 0.426. The summed E-state index contributed by atoms with van der Waals surface area (Å²) >= 11 is 0. The lowest BCUT2D eigenvalue weighted by Crippen LogP contribution is -2.47. The van der Waals surface area contributed by atoms with Gasteiger partial charge < -0.3 is 5.32 Å². The summed E-state index contributed by atoms with van der Waals surface area (Å²) in [6.45, 7) is 0.704. The Bertz CT molecular complexity index is 95.4. The summed E-state index contributed by atoms with van der Waals surface area (Å²) in [6.07, 6.45) is 0. The molecule has 1 aliphatic rings. The Morgan fingerprint density at radius 1 is 1.83 bits per heavy atom. The van der Waals surface area contributed by atoms with Crippen molar-refractivity contribution < 1.29 is 4.79 Å². The minimum Gasteiger partial charge on any atom is -0.347 e. The van der Waals surface area contributed by atoms with Crippen LogP contribution in [0.4, 0.5) is 0 Å². The normalized spacial score (nSPS) is 19.3. The second-order valence-corrected chi connectivity index (χ2v) is 1.76. The molecule has 1 amide bonds. The molecule has 0 unspecified atom stereocenters. The molecule has 0 bridgehead atoms. The van der Waals surface area contributed by atoms with E-state index >= 15 is 0 Å². The Labute approximate surface area is 37.8 Å². The second-order valence-electron chi connectivity index (χ2n) is 1.16. The van der Waals surface area contributed by atoms with E-state index in [-0.39, 0.29) is 5.91 Å². The molecule has 32 valence electrons. The van der Waals surface area contributed by atoms with E-state index < -0.39 is 0 Å². The van der Waals surface area contributed by atoms with Crippen LogP contribution < -0.4 is 5.32 Å². The molecule has 1 aliphatic heterocycles. The van der Waals surface area contributed by atoms with Gasteiger partial charge in [0.15, 0.2) is 0 Å². The predicted octanol–water partition coefficient (Wildman–Crippen LogP) is -0.569. The number of carbonyl (C=O) groups is 1. The quantitative estimate of drug-likeness (QED) is 0.321. The average Bonchev–Trinajstić information content (AvgIpc) is 1.61. The monoisotopic (exact) mass is 101 g/mol. The molecule has 0 aromatic rings. The molecule has 0 aliphatic carbocycles. The van der Waals surface area contributed by atoms with Crippen LogP contribution in [0.5, 0.6) is 0 Å². The van der Waals surface area contributed by atoms with Crippen molar-refractivity contribution >= 4 is 20.1 Å². The first-order chi connectivity index (χ1) is 2.80. The fourth-order valence-electron chi connectivity index (χ4n) is 0.249. The molecule has 0 saturated carbocycles. The van der Waals surface area contributed by atoms with Crippen LogP contribution in [-0.2, 0) is 4.79 Å². The van der Waals surface area contributed by atoms with Crippen molar-refractivity contribution in [2.24, 2.45) is 0 Å². The SMILES string of the molecule is O=C1NCC1=P. The van der Waals surface area contributed by atoms with E-state index in [9.17, 15) is 4.79 Å². The maximum Gasteiger partial charge on any atom is 0.253 e. The third kappa shape index (κ3) is 0.340. The summed E-state index contributed by atoms with van der Waals surface area (Å²) in [4.78, 5) is 10.0. The molecule has 0 spiro atoms. The van der Waals surface area contributed by atoms with Crippen LogP contribution >= 0.6 is 8.86 Å². The third-order valence-electron chi connectivity index (χ3n) is 0.700. The largest absolute Gasteiger partial charge is 0.347 e. The molecular formula is C3H4NOP. The molecule has 6 heavy (non-hydrogen) atoms. The predicted molar refractivity (Wildman–Crippen MR) is 26.3 cm³/mol. The highest BCUT2D eigenvalue weighted by Gasteiger charge is 2.15. The second kappa shape index (κ2) is 1.05. The zero-order valence-corrected chi connectivity index (χ0v) is 4.12. The first-order valence-corrected chi connectivity index (χ1v) is 2.16. The van der Waals surface area contributed by atoms with E-state index in [1.165, 1.54) is 0 Å². The van der Waals surface area contributed by atoms with Gasteiger partial charge in [-0.25, -0.2) is 0 Å². The number of hydrogen-bond donors (Lipinski definition) is 1. The molecule has 0 atom stereocenters. The number of amides is 1. The van der Waals surface area contributed by atoms with Crippen molar-refractivity contribution in [3.63, 3.8) is 0 Å². The maximum absolute atomic E-state index is 10.0. The Balaban J connectivity index is 2.61. The van der Waals surface area contributed by atoms with Crippen LogP contribution in [0.1, 0.15) is 0 Å². The molecule has 1 fully saturated rings. The minimum atomic E-state index is 0.0201. The Hall–Kier alpha value is -0.360. The first-order valence-electron chi connectivity index (χ1n) is 1.66. The molecule has 1 heterocycles. The summed E-state index contributed by atoms with van der Waals surface area (Å²) in [5, 5.41) is 3.28. The van der Waals surface area contributed by atoms with Gasteiger partial charge in [-0.05, 0) is 0 Å². The Kier molecular flexibility index (Phi) is 0.670. The van der Waals surface area contributed by atoms with Crippen LogP contribution in [0.3, 0.4) is 0 Å². The molecule has 1 saturated heterocycles. The lowest BCUT2D eigenvalue weighted by molar-refractivity contribution is -0.116. The van der Waals surface area contributed by atoms with Crippen molar-refractivity contribution in [3.05, 3.63) is 0 Å². The maximum atomic E-state index is 10.0. The molecule has 1 N–H and O–H groups in total. The summed E-state index contributed by atoms with van der Waals surface area (Å²) < 4.78 is 0. The van der Waals surface area contributed by atoms with E-state index in [1.807, 2.05) is 0 Å². The standard InChI is InChI=1S/C3H4NOP/c5-3-2(6)1-4-3/h6H,1H2,(H,4,5). The van der Waals surface area contributed by atoms with Gasteiger partial charge in [0.2, 0.25) is 0 Å². The summed E-state index contributed by atoms with van der Waals surface area (Å²) in [5.41, 5.74) is 0. The minimum absolute atomic E-state index is 0.0201. The smallest absolute Gasteiger partial charge is 0.253 e. The van der Waals surface area contributed by atoms with Crippen LogP contribution in [0.25, 0.3) is 0 Å². The van der Waals surface area contributed by atoms with Crippen molar-refractivity contribution in [1.29, 1.82) is 0 Å². The van der Waals surface area contributed by atoms with Gasteiger partial charge >= 0.3 is 0 Å². The van der Waals surface area contributed by atoms with Crippen molar-refractivity contribution in [1.82, 2.24) is 5.32 Å². The lowest BCUT2D eigenvalue weighted by atomic mass is 10.3. The van der Waals surface area contributed by atoms with Gasteiger partial charge in [0.25, 0.3) is 5.91 Å². The van der Waals surface area contributed by atoms with Crippen molar-refractivity contribution in [2.45, 2.75) is 0 Å². The van der Waals surface area contributed by atoms with E-state index in [0.29, 0.717) is 6.54 Å². The highest BCUT2D eigenvalue weighted by atomic mass is 31.0. The molecule has 0 aromatic carbocycles. The highest BCUT2D eigenvalue weighted by Crippen LogP contribution is 1.87. The fraction of sp³-hybridized carbons (Fsp3) is 0.333. The molecule has 2 nitrogen and oxygen atoms in total.